The molecule has 0 radical (unpaired) electrons. The third-order valence-electron chi connectivity index (χ3n) is 3.82. The van der Waals surface area contributed by atoms with E-state index >= 15 is 0 Å². The molecule has 0 fully saturated rings. The number of nitrogens with zero attached hydrogens (tertiary/aromatic N) is 2. The lowest BCUT2D eigenvalue weighted by atomic mass is 10.1. The van der Waals surface area contributed by atoms with Crippen molar-refractivity contribution in [1.29, 1.82) is 0 Å². The van der Waals surface area contributed by atoms with Crippen LogP contribution in [-0.2, 0) is 12.6 Å². The van der Waals surface area contributed by atoms with Crippen LogP contribution in [0.2, 0.25) is 0 Å². The zero-order valence-corrected chi connectivity index (χ0v) is 13.2. The van der Waals surface area contributed by atoms with Gasteiger partial charge in [0.1, 0.15) is 0 Å². The van der Waals surface area contributed by atoms with Crippen LogP contribution in [-0.4, -0.2) is 20.8 Å². The number of aromatic amines is 1. The summed E-state index contributed by atoms with van der Waals surface area (Å²) in [7, 11) is 0. The van der Waals surface area contributed by atoms with Gasteiger partial charge < -0.3 is 0 Å². The van der Waals surface area contributed by atoms with Crippen LogP contribution in [0, 0.1) is 6.92 Å². The molecule has 0 saturated heterocycles. The van der Waals surface area contributed by atoms with E-state index in [9.17, 15) is 31.1 Å². The average molecular weight is 375 g/mol. The van der Waals surface area contributed by atoms with Crippen molar-refractivity contribution in [3.63, 3.8) is 0 Å². The highest BCUT2D eigenvalue weighted by atomic mass is 19.4. The fourth-order valence-electron chi connectivity index (χ4n) is 2.56. The van der Waals surface area contributed by atoms with Gasteiger partial charge in [0.15, 0.2) is 5.65 Å². The fourth-order valence-corrected chi connectivity index (χ4v) is 2.56. The average Bonchev–Trinajstić information content (AvgIpc) is 2.94. The van der Waals surface area contributed by atoms with Crippen LogP contribution in [0.1, 0.15) is 16.8 Å². The molecular weight excluding hydrogens is 364 g/mol. The first kappa shape index (κ1) is 18.0. The van der Waals surface area contributed by atoms with E-state index in [1.165, 1.54) is 25.1 Å². The highest BCUT2D eigenvalue weighted by Gasteiger charge is 2.31. The normalized spacial score (nSPS) is 12.7. The lowest BCUT2D eigenvalue weighted by Gasteiger charge is -2.08. The van der Waals surface area contributed by atoms with Crippen LogP contribution < -0.4 is 5.56 Å². The quantitative estimate of drug-likeness (QED) is 0.685. The van der Waals surface area contributed by atoms with Crippen LogP contribution in [0.5, 0.6) is 0 Å². The van der Waals surface area contributed by atoms with Gasteiger partial charge in [0.05, 0.1) is 17.7 Å². The standard InChI is InChI=1S/C16H11F6N3O/c1-8-11(7-15(17,18)19)14(26)25-13(23-8)6-12(24-25)9-2-4-10(5-3-9)16(20,21)22/h2-6,24H,7H2,1H3. The number of aryl methyl sites for hydroxylation is 1. The zero-order valence-electron chi connectivity index (χ0n) is 13.2. The van der Waals surface area contributed by atoms with Gasteiger partial charge in [0, 0.05) is 17.3 Å². The zero-order chi connectivity index (χ0) is 19.3. The van der Waals surface area contributed by atoms with E-state index in [4.69, 9.17) is 0 Å². The molecule has 0 aliphatic heterocycles. The summed E-state index contributed by atoms with van der Waals surface area (Å²) < 4.78 is 76.6. The molecule has 0 unspecified atom stereocenters. The Balaban J connectivity index is 2.07. The number of halogens is 6. The van der Waals surface area contributed by atoms with Crippen molar-refractivity contribution in [2.45, 2.75) is 25.7 Å². The van der Waals surface area contributed by atoms with E-state index < -0.39 is 35.5 Å². The van der Waals surface area contributed by atoms with Gasteiger partial charge in [-0.3, -0.25) is 9.89 Å². The predicted molar refractivity (Wildman–Crippen MR) is 80.7 cm³/mol. The number of H-pyrrole nitrogens is 1. The van der Waals surface area contributed by atoms with Crippen LogP contribution in [0.3, 0.4) is 0 Å². The summed E-state index contributed by atoms with van der Waals surface area (Å²) in [5, 5.41) is 2.58. The predicted octanol–water partition coefficient (Wildman–Crippen LogP) is 4.12. The molecule has 3 rings (SSSR count). The number of rotatable bonds is 2. The highest BCUT2D eigenvalue weighted by molar-refractivity contribution is 5.64. The Hall–Kier alpha value is -2.78. The van der Waals surface area contributed by atoms with Gasteiger partial charge in [-0.15, -0.1) is 0 Å². The molecule has 4 nitrogen and oxygen atoms in total. The summed E-state index contributed by atoms with van der Waals surface area (Å²) in [6.07, 6.45) is -10.5. The second-order valence-electron chi connectivity index (χ2n) is 5.71. The van der Waals surface area contributed by atoms with Crippen molar-refractivity contribution in [1.82, 2.24) is 14.6 Å². The van der Waals surface area contributed by atoms with Gasteiger partial charge in [-0.2, -0.15) is 26.3 Å². The molecule has 138 valence electrons. The topological polar surface area (TPSA) is 50.2 Å². The number of aromatic nitrogens is 3. The van der Waals surface area contributed by atoms with Crippen LogP contribution in [0.25, 0.3) is 16.9 Å². The van der Waals surface area contributed by atoms with Gasteiger partial charge in [-0.05, 0) is 24.6 Å². The number of nitrogens with one attached hydrogen (secondary N) is 1. The Morgan fingerprint density at radius 2 is 1.69 bits per heavy atom. The van der Waals surface area contributed by atoms with Crippen molar-refractivity contribution in [3.05, 3.63) is 57.5 Å². The summed E-state index contributed by atoms with van der Waals surface area (Å²) >= 11 is 0. The maximum absolute atomic E-state index is 12.6. The van der Waals surface area contributed by atoms with Crippen LogP contribution in [0.4, 0.5) is 26.3 Å². The number of hydrogen-bond acceptors (Lipinski definition) is 2. The van der Waals surface area contributed by atoms with E-state index in [1.807, 2.05) is 0 Å². The Labute approximate surface area is 142 Å². The van der Waals surface area contributed by atoms with Gasteiger partial charge in [0.25, 0.3) is 5.56 Å². The van der Waals surface area contributed by atoms with Crippen molar-refractivity contribution < 1.29 is 26.3 Å². The highest BCUT2D eigenvalue weighted by Crippen LogP contribution is 2.31. The molecule has 0 bridgehead atoms. The Morgan fingerprint density at radius 1 is 1.08 bits per heavy atom. The molecule has 0 saturated carbocycles. The number of alkyl halides is 6. The van der Waals surface area contributed by atoms with E-state index in [0.717, 1.165) is 16.6 Å². The fraction of sp³-hybridized carbons (Fsp3) is 0.250. The van der Waals surface area contributed by atoms with Crippen molar-refractivity contribution >= 4 is 5.65 Å². The summed E-state index contributed by atoms with van der Waals surface area (Å²) in [4.78, 5) is 16.3. The van der Waals surface area contributed by atoms with Gasteiger partial charge in [0.2, 0.25) is 0 Å². The molecule has 0 atom stereocenters. The molecule has 10 heteroatoms. The largest absolute Gasteiger partial charge is 0.416 e. The number of fused-ring (bicyclic) bond motifs is 1. The third-order valence-corrected chi connectivity index (χ3v) is 3.82. The lowest BCUT2D eigenvalue weighted by molar-refractivity contribution is -0.137. The molecule has 1 N–H and O–H groups in total. The van der Waals surface area contributed by atoms with Gasteiger partial charge >= 0.3 is 12.4 Å². The molecule has 0 aliphatic carbocycles. The summed E-state index contributed by atoms with van der Waals surface area (Å²) in [5.41, 5.74) is -1.61. The van der Waals surface area contributed by atoms with Gasteiger partial charge in [-0.1, -0.05) is 12.1 Å². The second-order valence-corrected chi connectivity index (χ2v) is 5.71. The SMILES string of the molecule is Cc1nc2cc(-c3ccc(C(F)(F)F)cc3)[nH]n2c(=O)c1CC(F)(F)F. The summed E-state index contributed by atoms with van der Waals surface area (Å²) in [5.74, 6) is 0. The molecule has 1 aromatic carbocycles. The maximum atomic E-state index is 12.6. The Bertz CT molecular complexity index is 1010. The number of benzene rings is 1. The molecule has 26 heavy (non-hydrogen) atoms. The molecule has 0 spiro atoms. The van der Waals surface area contributed by atoms with Crippen molar-refractivity contribution in [2.24, 2.45) is 0 Å². The molecular formula is C16H11F6N3O. The minimum Gasteiger partial charge on any atom is -0.289 e. The first-order chi connectivity index (χ1) is 12.0. The summed E-state index contributed by atoms with van der Waals surface area (Å²) in [6, 6.07) is 5.52. The monoisotopic (exact) mass is 375 g/mol. The second kappa shape index (κ2) is 5.89. The molecule has 3 aromatic rings. The third kappa shape index (κ3) is 3.44. The smallest absolute Gasteiger partial charge is 0.289 e. The molecule has 2 aromatic heterocycles. The molecule has 0 aliphatic rings. The van der Waals surface area contributed by atoms with E-state index in [2.05, 4.69) is 10.1 Å². The van der Waals surface area contributed by atoms with E-state index in [0.29, 0.717) is 5.56 Å². The maximum Gasteiger partial charge on any atom is 0.416 e. The van der Waals surface area contributed by atoms with Crippen LogP contribution >= 0.6 is 0 Å². The molecule has 0 amide bonds. The number of hydrogen-bond donors (Lipinski definition) is 1. The van der Waals surface area contributed by atoms with Crippen molar-refractivity contribution in [3.8, 4) is 11.3 Å². The van der Waals surface area contributed by atoms with Crippen molar-refractivity contribution in [2.75, 3.05) is 0 Å². The summed E-state index contributed by atoms with van der Waals surface area (Å²) in [6.45, 7) is 1.30. The van der Waals surface area contributed by atoms with Gasteiger partial charge in [-0.25, -0.2) is 9.50 Å². The van der Waals surface area contributed by atoms with E-state index in [1.54, 1.807) is 0 Å². The minimum atomic E-state index is -4.57. The first-order valence-electron chi connectivity index (χ1n) is 7.31. The van der Waals surface area contributed by atoms with Crippen LogP contribution in [0.15, 0.2) is 35.1 Å². The Kier molecular flexibility index (Phi) is 4.08. The first-order valence-corrected chi connectivity index (χ1v) is 7.31. The minimum absolute atomic E-state index is 0.0507. The molecule has 2 heterocycles. The lowest BCUT2D eigenvalue weighted by Crippen LogP contribution is -2.26. The van der Waals surface area contributed by atoms with E-state index in [-0.39, 0.29) is 17.0 Å². The Morgan fingerprint density at radius 3 is 2.23 bits per heavy atom.